The van der Waals surface area contributed by atoms with Crippen molar-refractivity contribution in [3.8, 4) is 0 Å². The van der Waals surface area contributed by atoms with Gasteiger partial charge in [0.25, 0.3) is 0 Å². The van der Waals surface area contributed by atoms with Gasteiger partial charge >= 0.3 is 19.5 Å². The van der Waals surface area contributed by atoms with Gasteiger partial charge in [-0.25, -0.2) is 0 Å². The molecule has 6 aromatic rings. The summed E-state index contributed by atoms with van der Waals surface area (Å²) >= 11 is 0. The van der Waals surface area contributed by atoms with Gasteiger partial charge in [0.2, 0.25) is 0 Å². The van der Waals surface area contributed by atoms with Gasteiger partial charge < -0.3 is 21.0 Å². The molecule has 0 unspecified atom stereocenters. The van der Waals surface area contributed by atoms with E-state index in [9.17, 15) is 0 Å². The van der Waals surface area contributed by atoms with E-state index in [4.69, 9.17) is 5.73 Å². The zero-order valence-electron chi connectivity index (χ0n) is 20.1. The quantitative estimate of drug-likeness (QED) is 0.214. The van der Waals surface area contributed by atoms with Gasteiger partial charge in [-0.2, -0.15) is 0 Å². The molecule has 0 saturated carbocycles. The van der Waals surface area contributed by atoms with Gasteiger partial charge in [0, 0.05) is 29.4 Å². The third-order valence-electron chi connectivity index (χ3n) is 5.69. The van der Waals surface area contributed by atoms with Crippen molar-refractivity contribution in [3.63, 3.8) is 0 Å². The Balaban J connectivity index is 0.000000133. The monoisotopic (exact) mass is 573 g/mol. The van der Waals surface area contributed by atoms with Crippen LogP contribution in [0.5, 0.6) is 0 Å². The fourth-order valence-electron chi connectivity index (χ4n) is 3.99. The largest absolute Gasteiger partial charge is 2.00 e. The van der Waals surface area contributed by atoms with Crippen molar-refractivity contribution < 1.29 is 19.5 Å². The Morgan fingerprint density at radius 2 is 1.32 bits per heavy atom. The first-order chi connectivity index (χ1) is 17.8. The topological polar surface area (TPSA) is 106 Å². The van der Waals surface area contributed by atoms with Gasteiger partial charge in [-0.05, 0) is 42.1 Å². The van der Waals surface area contributed by atoms with Crippen molar-refractivity contribution in [3.05, 3.63) is 114 Å². The van der Waals surface area contributed by atoms with Gasteiger partial charge in [-0.1, -0.05) is 66.8 Å². The standard InChI is InChI=1S/C12H9N2.C12H8N2.C5H8N3.Ru/c2*1-3-9-5-6-10-4-2-8-14-12(10)11(9)13-7-1;6-2-1-5-3-7-4-8-5;/h1-7H,8H2;1-8H;3-4H,1-2,6H2;/q-1;;-1;+2. The summed E-state index contributed by atoms with van der Waals surface area (Å²) in [6.45, 7) is 1.42. The van der Waals surface area contributed by atoms with E-state index in [1.807, 2.05) is 24.4 Å². The minimum atomic E-state index is 0. The third-order valence-corrected chi connectivity index (χ3v) is 5.69. The van der Waals surface area contributed by atoms with Crippen LogP contribution in [-0.4, -0.2) is 33.0 Å². The molecular formula is C29H25N7Ru. The maximum absolute atomic E-state index is 5.25. The van der Waals surface area contributed by atoms with E-state index >= 15 is 0 Å². The summed E-state index contributed by atoms with van der Waals surface area (Å²) in [7, 11) is 0. The molecule has 0 fully saturated rings. The first-order valence-electron chi connectivity index (χ1n) is 11.8. The van der Waals surface area contributed by atoms with Crippen molar-refractivity contribution >= 4 is 44.5 Å². The minimum absolute atomic E-state index is 0. The Labute approximate surface area is 228 Å². The molecule has 0 aliphatic carbocycles. The van der Waals surface area contributed by atoms with Crippen molar-refractivity contribution in [1.29, 1.82) is 0 Å². The molecular weight excluding hydrogens is 547 g/mol. The molecule has 5 heterocycles. The molecule has 0 spiro atoms. The third kappa shape index (κ3) is 6.23. The fourth-order valence-corrected chi connectivity index (χ4v) is 3.99. The molecule has 0 amide bonds. The van der Waals surface area contributed by atoms with Crippen molar-refractivity contribution in [2.24, 2.45) is 5.73 Å². The van der Waals surface area contributed by atoms with Crippen LogP contribution in [0.4, 0.5) is 5.69 Å². The molecule has 7 nitrogen and oxygen atoms in total. The van der Waals surface area contributed by atoms with Crippen molar-refractivity contribution in [1.82, 2.24) is 24.9 Å². The Morgan fingerprint density at radius 1 is 0.730 bits per heavy atom. The zero-order valence-corrected chi connectivity index (χ0v) is 21.8. The number of pyridine rings is 3. The molecule has 2 aromatic carbocycles. The van der Waals surface area contributed by atoms with E-state index in [0.717, 1.165) is 57.1 Å². The van der Waals surface area contributed by atoms with Crippen LogP contribution >= 0.6 is 0 Å². The van der Waals surface area contributed by atoms with Gasteiger partial charge in [0.1, 0.15) is 0 Å². The predicted molar refractivity (Wildman–Crippen MR) is 146 cm³/mol. The number of aromatic nitrogens is 5. The summed E-state index contributed by atoms with van der Waals surface area (Å²) in [4.78, 5) is 20.7. The Bertz CT molecular complexity index is 1560. The predicted octanol–water partition coefficient (Wildman–Crippen LogP) is 5.59. The molecule has 2 N–H and O–H groups in total. The van der Waals surface area contributed by atoms with Crippen LogP contribution in [0, 0.1) is 0 Å². The van der Waals surface area contributed by atoms with Crippen LogP contribution < -0.4 is 10.7 Å². The number of nitrogens with two attached hydrogens (primary N) is 1. The van der Waals surface area contributed by atoms with Crippen molar-refractivity contribution in [2.75, 3.05) is 13.1 Å². The number of rotatable bonds is 2. The molecule has 0 radical (unpaired) electrons. The number of hydrogen-bond donors (Lipinski definition) is 1. The van der Waals surface area contributed by atoms with E-state index in [1.54, 1.807) is 18.6 Å². The summed E-state index contributed by atoms with van der Waals surface area (Å²) in [5.41, 5.74) is 11.4. The molecule has 0 bridgehead atoms. The van der Waals surface area contributed by atoms with E-state index in [-0.39, 0.29) is 19.5 Å². The van der Waals surface area contributed by atoms with Gasteiger partial charge in [0.15, 0.2) is 0 Å². The number of nitrogens with zero attached hydrogens (tertiary/aromatic N) is 6. The Hall–Kier alpha value is -4.00. The second kappa shape index (κ2) is 12.8. The molecule has 1 aliphatic heterocycles. The Morgan fingerprint density at radius 3 is 1.92 bits per heavy atom. The summed E-state index contributed by atoms with van der Waals surface area (Å²) in [5.74, 6) is 0. The summed E-state index contributed by atoms with van der Waals surface area (Å²) in [6, 6.07) is 20.3. The normalized spacial score (nSPS) is 11.4. The van der Waals surface area contributed by atoms with E-state index < -0.39 is 0 Å². The van der Waals surface area contributed by atoms with Gasteiger partial charge in [-0.15, -0.1) is 18.3 Å². The maximum Gasteiger partial charge on any atom is 2.00 e. The van der Waals surface area contributed by atoms with Crippen LogP contribution in [0.25, 0.3) is 44.1 Å². The van der Waals surface area contributed by atoms with E-state index in [0.29, 0.717) is 6.54 Å². The second-order valence-electron chi connectivity index (χ2n) is 8.09. The van der Waals surface area contributed by atoms with E-state index in [1.165, 1.54) is 11.9 Å². The van der Waals surface area contributed by atoms with Gasteiger partial charge in [0.05, 0.1) is 16.6 Å². The van der Waals surface area contributed by atoms with E-state index in [2.05, 4.69) is 84.9 Å². The zero-order chi connectivity index (χ0) is 24.6. The first-order valence-corrected chi connectivity index (χ1v) is 11.8. The molecule has 184 valence electrons. The van der Waals surface area contributed by atoms with Crippen molar-refractivity contribution in [2.45, 2.75) is 6.42 Å². The SMILES string of the molecule is C1=Cc2ccc3cccnc3c2[N-]C1.NCCc1c[n-]cn1.[Ru+2].c1cnc2c(c1)ccc1cccnc12. The average molecular weight is 573 g/mol. The molecule has 37 heavy (non-hydrogen) atoms. The first kappa shape index (κ1) is 26.1. The number of imidazole rings is 1. The average Bonchev–Trinajstić information content (AvgIpc) is 3.47. The minimum Gasteiger partial charge on any atom is -0.679 e. The number of hydrogen-bond acceptors (Lipinski definition) is 5. The smallest absolute Gasteiger partial charge is 0.679 e. The molecule has 0 saturated heterocycles. The summed E-state index contributed by atoms with van der Waals surface area (Å²) < 4.78 is 0. The van der Waals surface area contributed by atoms with Crippen LogP contribution in [0.3, 0.4) is 0 Å². The van der Waals surface area contributed by atoms with Crippen LogP contribution in [0.1, 0.15) is 11.3 Å². The fraction of sp³-hybridized carbons (Fsp3) is 0.103. The van der Waals surface area contributed by atoms with Crippen LogP contribution in [0.2, 0.25) is 0 Å². The summed E-state index contributed by atoms with van der Waals surface area (Å²) in [5, 5.41) is 7.90. The number of benzene rings is 2. The van der Waals surface area contributed by atoms with Crippen LogP contribution in [0.15, 0.2) is 97.9 Å². The summed E-state index contributed by atoms with van der Waals surface area (Å²) in [6.07, 6.45) is 13.7. The molecule has 4 aromatic heterocycles. The molecule has 0 atom stereocenters. The number of fused-ring (bicyclic) bond motifs is 6. The van der Waals surface area contributed by atoms with Crippen LogP contribution in [-0.2, 0) is 25.9 Å². The molecule has 1 aliphatic rings. The molecule has 8 heteroatoms. The molecule has 7 rings (SSSR count). The second-order valence-corrected chi connectivity index (χ2v) is 8.09. The van der Waals surface area contributed by atoms with Gasteiger partial charge in [-0.3, -0.25) is 15.0 Å². The maximum atomic E-state index is 5.25. The Kier molecular flexibility index (Phi) is 9.03.